The second kappa shape index (κ2) is 7.14. The second-order valence-corrected chi connectivity index (χ2v) is 5.21. The second-order valence-electron chi connectivity index (χ2n) is 4.78. The number of hydrogen-bond acceptors (Lipinski definition) is 3. The Morgan fingerprint density at radius 3 is 2.67 bits per heavy atom. The zero-order valence-corrected chi connectivity index (χ0v) is 12.9. The molecule has 2 aromatic carbocycles. The van der Waals surface area contributed by atoms with Crippen molar-refractivity contribution in [1.82, 2.24) is 0 Å². The van der Waals surface area contributed by atoms with Crippen molar-refractivity contribution in [3.8, 4) is 5.75 Å². The van der Waals surface area contributed by atoms with Gasteiger partial charge in [-0.25, -0.2) is 0 Å². The lowest BCUT2D eigenvalue weighted by Gasteiger charge is -2.21. The molecule has 0 atom stereocenters. The largest absolute Gasteiger partial charge is 0.495 e. The number of carbonyl (C=O) groups excluding carboxylic acids is 1. The number of carbonyl (C=O) groups is 1. The molecule has 0 aromatic heterocycles. The van der Waals surface area contributed by atoms with E-state index in [2.05, 4.69) is 0 Å². The van der Waals surface area contributed by atoms with Crippen LogP contribution in [0, 0.1) is 0 Å². The molecular formula is C17H18ClNO2. The fourth-order valence-electron chi connectivity index (χ4n) is 2.14. The topological polar surface area (TPSA) is 29.5 Å². The van der Waals surface area contributed by atoms with Crippen LogP contribution < -0.4 is 9.64 Å². The Labute approximate surface area is 130 Å². The standard InChI is InChI=1S/C17H18ClNO2/c1-19(15-8-3-4-9-17(15)21-2)11-10-16(20)13-6-5-7-14(18)12-13/h3-9,12H,10-11H2,1-2H3. The molecule has 0 spiro atoms. The SMILES string of the molecule is COc1ccccc1N(C)CCC(=O)c1cccc(Cl)c1. The molecule has 4 heteroatoms. The molecule has 21 heavy (non-hydrogen) atoms. The Balaban J connectivity index is 2.01. The van der Waals surface area contributed by atoms with E-state index in [0.29, 0.717) is 23.6 Å². The summed E-state index contributed by atoms with van der Waals surface area (Å²) in [6.07, 6.45) is 0.425. The van der Waals surface area contributed by atoms with E-state index in [1.54, 1.807) is 31.4 Å². The molecule has 2 aromatic rings. The Bertz CT molecular complexity index is 628. The van der Waals surface area contributed by atoms with Gasteiger partial charge < -0.3 is 9.64 Å². The van der Waals surface area contributed by atoms with E-state index in [1.165, 1.54) is 0 Å². The van der Waals surface area contributed by atoms with Crippen LogP contribution in [0.4, 0.5) is 5.69 Å². The van der Waals surface area contributed by atoms with Crippen molar-refractivity contribution in [2.24, 2.45) is 0 Å². The zero-order chi connectivity index (χ0) is 15.2. The number of Topliss-reactive ketones (excluding diaryl/α,β-unsaturated/α-hetero) is 1. The number of benzene rings is 2. The van der Waals surface area contributed by atoms with Crippen molar-refractivity contribution in [3.05, 3.63) is 59.1 Å². The lowest BCUT2D eigenvalue weighted by molar-refractivity contribution is 0.0985. The van der Waals surface area contributed by atoms with Crippen LogP contribution in [0.1, 0.15) is 16.8 Å². The number of methoxy groups -OCH3 is 1. The first kappa shape index (κ1) is 15.4. The van der Waals surface area contributed by atoms with Crippen LogP contribution in [0.15, 0.2) is 48.5 Å². The minimum absolute atomic E-state index is 0.0826. The molecule has 3 nitrogen and oxygen atoms in total. The highest BCUT2D eigenvalue weighted by Gasteiger charge is 2.11. The first-order chi connectivity index (χ1) is 10.1. The van der Waals surface area contributed by atoms with Crippen molar-refractivity contribution < 1.29 is 9.53 Å². The van der Waals surface area contributed by atoms with E-state index in [0.717, 1.165) is 11.4 Å². The molecule has 110 valence electrons. The molecule has 0 aliphatic heterocycles. The van der Waals surface area contributed by atoms with E-state index in [-0.39, 0.29) is 5.78 Å². The summed E-state index contributed by atoms with van der Waals surface area (Å²) in [5, 5.41) is 0.582. The number of ketones is 1. The third kappa shape index (κ3) is 3.99. The van der Waals surface area contributed by atoms with Crippen molar-refractivity contribution in [1.29, 1.82) is 0 Å². The summed E-state index contributed by atoms with van der Waals surface area (Å²) in [5.41, 5.74) is 1.62. The van der Waals surface area contributed by atoms with Gasteiger partial charge in [0.2, 0.25) is 0 Å². The number of anilines is 1. The highest BCUT2D eigenvalue weighted by Crippen LogP contribution is 2.26. The summed E-state index contributed by atoms with van der Waals surface area (Å²) in [7, 11) is 3.59. The maximum atomic E-state index is 12.2. The summed E-state index contributed by atoms with van der Waals surface area (Å²) in [6, 6.07) is 14.8. The first-order valence-corrected chi connectivity index (χ1v) is 7.12. The van der Waals surface area contributed by atoms with Gasteiger partial charge in [0.1, 0.15) is 5.75 Å². The van der Waals surface area contributed by atoms with E-state index in [9.17, 15) is 4.79 Å². The number of nitrogens with zero attached hydrogens (tertiary/aromatic N) is 1. The summed E-state index contributed by atoms with van der Waals surface area (Å²) in [6.45, 7) is 0.617. The van der Waals surface area contributed by atoms with Gasteiger partial charge in [-0.15, -0.1) is 0 Å². The van der Waals surface area contributed by atoms with Gasteiger partial charge in [-0.2, -0.15) is 0 Å². The molecule has 0 amide bonds. The first-order valence-electron chi connectivity index (χ1n) is 6.74. The molecule has 0 bridgehead atoms. The Morgan fingerprint density at radius 1 is 1.19 bits per heavy atom. The molecule has 0 saturated heterocycles. The fraction of sp³-hybridized carbons (Fsp3) is 0.235. The van der Waals surface area contributed by atoms with Gasteiger partial charge in [-0.1, -0.05) is 35.9 Å². The number of para-hydroxylation sites is 2. The van der Waals surface area contributed by atoms with E-state index >= 15 is 0 Å². The van der Waals surface area contributed by atoms with Crippen LogP contribution >= 0.6 is 11.6 Å². The summed E-state index contributed by atoms with van der Waals surface area (Å²) in [4.78, 5) is 14.2. The number of hydrogen-bond donors (Lipinski definition) is 0. The fourth-order valence-corrected chi connectivity index (χ4v) is 2.33. The normalized spacial score (nSPS) is 10.2. The lowest BCUT2D eigenvalue weighted by Crippen LogP contribution is -2.21. The summed E-state index contributed by atoms with van der Waals surface area (Å²) >= 11 is 5.91. The number of ether oxygens (including phenoxy) is 1. The van der Waals surface area contributed by atoms with Crippen LogP contribution in [0.2, 0.25) is 5.02 Å². The maximum absolute atomic E-state index is 12.2. The minimum Gasteiger partial charge on any atom is -0.495 e. The van der Waals surface area contributed by atoms with E-state index < -0.39 is 0 Å². The molecule has 2 rings (SSSR count). The zero-order valence-electron chi connectivity index (χ0n) is 12.2. The van der Waals surface area contributed by atoms with Crippen molar-refractivity contribution in [2.75, 3.05) is 25.6 Å². The Hall–Kier alpha value is -2.00. The highest BCUT2D eigenvalue weighted by molar-refractivity contribution is 6.31. The molecule has 0 fully saturated rings. The van der Waals surface area contributed by atoms with Gasteiger partial charge in [-0.3, -0.25) is 4.79 Å². The molecule has 0 saturated carbocycles. The lowest BCUT2D eigenvalue weighted by atomic mass is 10.1. The third-order valence-corrected chi connectivity index (χ3v) is 3.55. The van der Waals surface area contributed by atoms with Gasteiger partial charge in [0, 0.05) is 30.6 Å². The van der Waals surface area contributed by atoms with Gasteiger partial charge in [0.15, 0.2) is 5.78 Å². The van der Waals surface area contributed by atoms with Crippen LogP contribution in [0.5, 0.6) is 5.75 Å². The van der Waals surface area contributed by atoms with Gasteiger partial charge >= 0.3 is 0 Å². The smallest absolute Gasteiger partial charge is 0.164 e. The number of halogens is 1. The summed E-state index contributed by atoms with van der Waals surface area (Å²) < 4.78 is 5.33. The van der Waals surface area contributed by atoms with Crippen molar-refractivity contribution >= 4 is 23.1 Å². The predicted molar refractivity (Wildman–Crippen MR) is 86.7 cm³/mol. The minimum atomic E-state index is 0.0826. The predicted octanol–water partition coefficient (Wildman–Crippen LogP) is 4.06. The van der Waals surface area contributed by atoms with Crippen LogP contribution in [0.3, 0.4) is 0 Å². The van der Waals surface area contributed by atoms with E-state index in [1.807, 2.05) is 36.2 Å². The highest BCUT2D eigenvalue weighted by atomic mass is 35.5. The molecular weight excluding hydrogens is 286 g/mol. The van der Waals surface area contributed by atoms with Crippen LogP contribution in [-0.4, -0.2) is 26.5 Å². The van der Waals surface area contributed by atoms with Crippen LogP contribution in [-0.2, 0) is 0 Å². The molecule has 0 aliphatic carbocycles. The average Bonchev–Trinajstić information content (AvgIpc) is 2.52. The maximum Gasteiger partial charge on any atom is 0.164 e. The quantitative estimate of drug-likeness (QED) is 0.754. The van der Waals surface area contributed by atoms with Crippen molar-refractivity contribution in [2.45, 2.75) is 6.42 Å². The Morgan fingerprint density at radius 2 is 1.95 bits per heavy atom. The average molecular weight is 304 g/mol. The monoisotopic (exact) mass is 303 g/mol. The molecule has 0 N–H and O–H groups in total. The van der Waals surface area contributed by atoms with Gasteiger partial charge in [0.05, 0.1) is 12.8 Å². The van der Waals surface area contributed by atoms with Gasteiger partial charge in [0.25, 0.3) is 0 Å². The molecule has 0 heterocycles. The molecule has 0 unspecified atom stereocenters. The van der Waals surface area contributed by atoms with Crippen molar-refractivity contribution in [3.63, 3.8) is 0 Å². The molecule has 0 radical (unpaired) electrons. The Kier molecular flexibility index (Phi) is 5.23. The van der Waals surface area contributed by atoms with Crippen LogP contribution in [0.25, 0.3) is 0 Å². The third-order valence-electron chi connectivity index (χ3n) is 3.32. The van der Waals surface area contributed by atoms with E-state index in [4.69, 9.17) is 16.3 Å². The number of rotatable bonds is 6. The van der Waals surface area contributed by atoms with Gasteiger partial charge in [-0.05, 0) is 24.3 Å². The molecule has 0 aliphatic rings. The summed E-state index contributed by atoms with van der Waals surface area (Å²) in [5.74, 6) is 0.884.